The third-order valence-corrected chi connectivity index (χ3v) is 4.56. The minimum Gasteiger partial charge on any atom is -0.313 e. The van der Waals surface area contributed by atoms with E-state index in [1.807, 2.05) is 0 Å². The Balaban J connectivity index is 1.89. The second kappa shape index (κ2) is 5.98. The third-order valence-electron chi connectivity index (χ3n) is 3.11. The lowest BCUT2D eigenvalue weighted by atomic mass is 10.1. The van der Waals surface area contributed by atoms with E-state index >= 15 is 0 Å². The van der Waals surface area contributed by atoms with Crippen molar-refractivity contribution in [3.63, 3.8) is 0 Å². The fraction of sp³-hybridized carbons (Fsp3) is 0.538. The van der Waals surface area contributed by atoms with E-state index in [0.717, 1.165) is 12.8 Å². The predicted molar refractivity (Wildman–Crippen MR) is 72.8 cm³/mol. The Morgan fingerprint density at radius 2 is 2.05 bits per heavy atom. The predicted octanol–water partition coefficient (Wildman–Crippen LogP) is 1.56. The number of hydrogen-bond acceptors (Lipinski definition) is 3. The zero-order valence-electron chi connectivity index (χ0n) is 10.9. The van der Waals surface area contributed by atoms with Gasteiger partial charge in [-0.15, -0.1) is 0 Å². The molecule has 1 atom stereocenters. The molecule has 0 aliphatic heterocycles. The standard InChI is InChI=1S/C13H19FN2O2S/c1-10(12-4-2-3-5-13(12)14)16-19(17,18)9-8-15-11-6-7-11/h2-5,10-11,15-16H,6-9H2,1H3. The van der Waals surface area contributed by atoms with Gasteiger partial charge in [0.15, 0.2) is 0 Å². The highest BCUT2D eigenvalue weighted by Gasteiger charge is 2.22. The van der Waals surface area contributed by atoms with Crippen molar-refractivity contribution >= 4 is 10.0 Å². The van der Waals surface area contributed by atoms with Gasteiger partial charge in [-0.05, 0) is 25.8 Å². The van der Waals surface area contributed by atoms with E-state index < -0.39 is 21.9 Å². The van der Waals surface area contributed by atoms with Gasteiger partial charge >= 0.3 is 0 Å². The van der Waals surface area contributed by atoms with Crippen molar-refractivity contribution in [2.24, 2.45) is 0 Å². The molecular weight excluding hydrogens is 267 g/mol. The van der Waals surface area contributed by atoms with Crippen LogP contribution in [0.1, 0.15) is 31.4 Å². The summed E-state index contributed by atoms with van der Waals surface area (Å²) in [5.41, 5.74) is 0.362. The molecule has 19 heavy (non-hydrogen) atoms. The summed E-state index contributed by atoms with van der Waals surface area (Å²) in [5.74, 6) is -0.378. The van der Waals surface area contributed by atoms with E-state index in [1.165, 1.54) is 6.07 Å². The molecule has 0 spiro atoms. The Morgan fingerprint density at radius 1 is 1.37 bits per heavy atom. The van der Waals surface area contributed by atoms with E-state index in [9.17, 15) is 12.8 Å². The van der Waals surface area contributed by atoms with Crippen LogP contribution >= 0.6 is 0 Å². The highest BCUT2D eigenvalue weighted by Crippen LogP contribution is 2.19. The summed E-state index contributed by atoms with van der Waals surface area (Å²) in [5, 5.41) is 3.14. The van der Waals surface area contributed by atoms with Crippen molar-refractivity contribution < 1.29 is 12.8 Å². The van der Waals surface area contributed by atoms with Crippen LogP contribution in [-0.2, 0) is 10.0 Å². The maximum Gasteiger partial charge on any atom is 0.213 e. The van der Waals surface area contributed by atoms with Crippen LogP contribution in [0.15, 0.2) is 24.3 Å². The Morgan fingerprint density at radius 3 is 2.68 bits per heavy atom. The molecule has 1 aromatic rings. The van der Waals surface area contributed by atoms with Crippen LogP contribution in [0.5, 0.6) is 0 Å². The zero-order chi connectivity index (χ0) is 13.9. The molecule has 2 N–H and O–H groups in total. The highest BCUT2D eigenvalue weighted by atomic mass is 32.2. The molecular formula is C13H19FN2O2S. The first-order valence-electron chi connectivity index (χ1n) is 6.46. The van der Waals surface area contributed by atoms with Crippen LogP contribution in [0.25, 0.3) is 0 Å². The lowest BCUT2D eigenvalue weighted by Gasteiger charge is -2.15. The number of sulfonamides is 1. The quantitative estimate of drug-likeness (QED) is 0.799. The van der Waals surface area contributed by atoms with Crippen LogP contribution in [0, 0.1) is 5.82 Å². The summed E-state index contributed by atoms with van der Waals surface area (Å²) in [6, 6.07) is 6.11. The van der Waals surface area contributed by atoms with E-state index in [2.05, 4.69) is 10.0 Å². The topological polar surface area (TPSA) is 58.2 Å². The van der Waals surface area contributed by atoms with Crippen molar-refractivity contribution in [2.75, 3.05) is 12.3 Å². The summed E-state index contributed by atoms with van der Waals surface area (Å²) in [6.45, 7) is 2.08. The molecule has 6 heteroatoms. The van der Waals surface area contributed by atoms with Gasteiger partial charge in [0.1, 0.15) is 5.82 Å². The van der Waals surface area contributed by atoms with Crippen molar-refractivity contribution in [3.05, 3.63) is 35.6 Å². The van der Waals surface area contributed by atoms with Crippen LogP contribution in [0.3, 0.4) is 0 Å². The molecule has 1 aliphatic rings. The number of nitrogens with one attached hydrogen (secondary N) is 2. The van der Waals surface area contributed by atoms with Gasteiger partial charge in [0.2, 0.25) is 10.0 Å². The zero-order valence-corrected chi connectivity index (χ0v) is 11.7. The van der Waals surface area contributed by atoms with Crippen LogP contribution in [0.2, 0.25) is 0 Å². The Kier molecular flexibility index (Phi) is 4.54. The first kappa shape index (κ1) is 14.4. The van der Waals surface area contributed by atoms with Gasteiger partial charge in [0.05, 0.1) is 5.75 Å². The fourth-order valence-corrected chi connectivity index (χ4v) is 3.07. The van der Waals surface area contributed by atoms with Gasteiger partial charge in [-0.1, -0.05) is 18.2 Å². The normalized spacial score (nSPS) is 17.4. The average molecular weight is 286 g/mol. The monoisotopic (exact) mass is 286 g/mol. The molecule has 2 rings (SSSR count). The SMILES string of the molecule is CC(NS(=O)(=O)CCNC1CC1)c1ccccc1F. The van der Waals surface area contributed by atoms with Gasteiger partial charge in [-0.3, -0.25) is 0 Å². The van der Waals surface area contributed by atoms with Crippen LogP contribution in [0.4, 0.5) is 4.39 Å². The average Bonchev–Trinajstić information content (AvgIpc) is 3.12. The minimum absolute atomic E-state index is 0.0162. The first-order valence-corrected chi connectivity index (χ1v) is 8.11. The second-order valence-corrected chi connectivity index (χ2v) is 6.78. The summed E-state index contributed by atoms with van der Waals surface area (Å²) in [4.78, 5) is 0. The molecule has 1 saturated carbocycles. The minimum atomic E-state index is -3.39. The largest absolute Gasteiger partial charge is 0.313 e. The second-order valence-electron chi connectivity index (χ2n) is 4.91. The van der Waals surface area contributed by atoms with E-state index in [0.29, 0.717) is 18.2 Å². The van der Waals surface area contributed by atoms with Gasteiger partial charge in [-0.25, -0.2) is 17.5 Å². The van der Waals surface area contributed by atoms with Crippen molar-refractivity contribution in [3.8, 4) is 0 Å². The third kappa shape index (κ3) is 4.56. The van der Waals surface area contributed by atoms with Gasteiger partial charge < -0.3 is 5.32 Å². The summed E-state index contributed by atoms with van der Waals surface area (Å²) >= 11 is 0. The van der Waals surface area contributed by atoms with Gasteiger partial charge in [-0.2, -0.15) is 0 Å². The summed E-state index contributed by atoms with van der Waals surface area (Å²) < 4.78 is 39.7. The van der Waals surface area contributed by atoms with E-state index in [1.54, 1.807) is 25.1 Å². The Labute approximate surface area is 113 Å². The molecule has 106 valence electrons. The first-order chi connectivity index (χ1) is 8.98. The smallest absolute Gasteiger partial charge is 0.213 e. The number of hydrogen-bond donors (Lipinski definition) is 2. The highest BCUT2D eigenvalue weighted by molar-refractivity contribution is 7.89. The molecule has 0 bridgehead atoms. The van der Waals surface area contributed by atoms with E-state index in [4.69, 9.17) is 0 Å². The van der Waals surface area contributed by atoms with Crippen LogP contribution < -0.4 is 10.0 Å². The Hall–Kier alpha value is -0.980. The summed E-state index contributed by atoms with van der Waals surface area (Å²) in [7, 11) is -3.39. The molecule has 1 aliphatic carbocycles. The molecule has 4 nitrogen and oxygen atoms in total. The molecule has 1 fully saturated rings. The Bertz CT molecular complexity index is 529. The van der Waals surface area contributed by atoms with E-state index in [-0.39, 0.29) is 5.75 Å². The fourth-order valence-electron chi connectivity index (χ4n) is 1.90. The molecule has 0 saturated heterocycles. The number of rotatable bonds is 7. The maximum atomic E-state index is 13.5. The molecule has 0 radical (unpaired) electrons. The number of benzene rings is 1. The van der Waals surface area contributed by atoms with Gasteiger partial charge in [0.25, 0.3) is 0 Å². The molecule has 0 heterocycles. The molecule has 0 aromatic heterocycles. The molecule has 0 amide bonds. The van der Waals surface area contributed by atoms with Crippen LogP contribution in [-0.4, -0.2) is 26.8 Å². The van der Waals surface area contributed by atoms with Crippen molar-refractivity contribution in [2.45, 2.75) is 31.8 Å². The molecule has 1 unspecified atom stereocenters. The van der Waals surface area contributed by atoms with Crippen molar-refractivity contribution in [1.82, 2.24) is 10.0 Å². The maximum absolute atomic E-state index is 13.5. The number of halogens is 1. The lowest BCUT2D eigenvalue weighted by Crippen LogP contribution is -2.34. The van der Waals surface area contributed by atoms with Crippen molar-refractivity contribution in [1.29, 1.82) is 0 Å². The van der Waals surface area contributed by atoms with Gasteiger partial charge in [0, 0.05) is 24.2 Å². The lowest BCUT2D eigenvalue weighted by molar-refractivity contribution is 0.547. The summed E-state index contributed by atoms with van der Waals surface area (Å²) in [6.07, 6.45) is 2.25. The molecule has 1 aromatic carbocycles.